The molecule has 2 rings (SSSR count). The van der Waals surface area contributed by atoms with E-state index in [0.717, 1.165) is 45.4 Å². The number of hydrogen-bond acceptors (Lipinski definition) is 2. The van der Waals surface area contributed by atoms with Crippen LogP contribution < -0.4 is 0 Å². The predicted octanol–water partition coefficient (Wildman–Crippen LogP) is 2.19. The van der Waals surface area contributed by atoms with Crippen LogP contribution in [-0.2, 0) is 9.53 Å². The van der Waals surface area contributed by atoms with Crippen molar-refractivity contribution in [1.82, 2.24) is 4.90 Å². The Balaban J connectivity index is 1.81. The molecular formula is C12H20BrNO2. The fourth-order valence-corrected chi connectivity index (χ4v) is 3.08. The van der Waals surface area contributed by atoms with Crippen molar-refractivity contribution in [3.05, 3.63) is 0 Å². The maximum atomic E-state index is 12.1. The maximum Gasteiger partial charge on any atom is 0.251 e. The summed E-state index contributed by atoms with van der Waals surface area (Å²) in [5.74, 6) is 0.937. The van der Waals surface area contributed by atoms with Crippen LogP contribution in [0, 0.1) is 5.92 Å². The third-order valence-corrected chi connectivity index (χ3v) is 4.45. The van der Waals surface area contributed by atoms with Crippen molar-refractivity contribution in [1.29, 1.82) is 0 Å². The molecule has 0 aromatic heterocycles. The van der Waals surface area contributed by atoms with Crippen LogP contribution in [0.2, 0.25) is 0 Å². The molecule has 0 aromatic carbocycles. The molecule has 0 spiro atoms. The zero-order valence-corrected chi connectivity index (χ0v) is 11.4. The zero-order chi connectivity index (χ0) is 11.5. The van der Waals surface area contributed by atoms with E-state index in [1.807, 2.05) is 4.90 Å². The molecule has 3 nitrogen and oxygen atoms in total. The molecule has 0 N–H and O–H groups in total. The lowest BCUT2D eigenvalue weighted by molar-refractivity contribution is -0.142. The monoisotopic (exact) mass is 289 g/mol. The summed E-state index contributed by atoms with van der Waals surface area (Å²) < 4.78 is 5.44. The van der Waals surface area contributed by atoms with E-state index in [0.29, 0.717) is 10.7 Å². The Morgan fingerprint density at radius 3 is 2.56 bits per heavy atom. The number of piperidine rings is 1. The van der Waals surface area contributed by atoms with Crippen LogP contribution in [0.4, 0.5) is 0 Å². The molecule has 2 atom stereocenters. The Kier molecular flexibility index (Phi) is 4.25. The van der Waals surface area contributed by atoms with Crippen LogP contribution in [0.15, 0.2) is 0 Å². The Morgan fingerprint density at radius 2 is 2.06 bits per heavy atom. The summed E-state index contributed by atoms with van der Waals surface area (Å²) in [6, 6.07) is 0. The van der Waals surface area contributed by atoms with Gasteiger partial charge >= 0.3 is 0 Å². The number of ether oxygens (including phenoxy) is 1. The highest BCUT2D eigenvalue weighted by Gasteiger charge is 2.31. The van der Waals surface area contributed by atoms with E-state index in [2.05, 4.69) is 22.9 Å². The molecule has 4 heteroatoms. The van der Waals surface area contributed by atoms with Crippen molar-refractivity contribution in [2.75, 3.05) is 19.7 Å². The Labute approximate surface area is 106 Å². The average Bonchev–Trinajstić information content (AvgIpc) is 2.81. The van der Waals surface area contributed by atoms with Gasteiger partial charge in [0.1, 0.15) is 6.10 Å². The minimum atomic E-state index is -0.141. The van der Waals surface area contributed by atoms with Crippen molar-refractivity contribution < 1.29 is 9.53 Å². The van der Waals surface area contributed by atoms with Gasteiger partial charge in [0.15, 0.2) is 0 Å². The van der Waals surface area contributed by atoms with Gasteiger partial charge in [-0.25, -0.2) is 0 Å². The number of carbonyl (C=O) groups excluding carboxylic acids is 1. The number of alkyl halides is 1. The molecule has 0 aromatic rings. The van der Waals surface area contributed by atoms with Crippen LogP contribution in [0.1, 0.15) is 32.6 Å². The Bertz CT molecular complexity index is 243. The summed E-state index contributed by atoms with van der Waals surface area (Å²) in [7, 11) is 0. The van der Waals surface area contributed by atoms with Crippen LogP contribution >= 0.6 is 15.9 Å². The lowest BCUT2D eigenvalue weighted by atomic mass is 9.94. The van der Waals surface area contributed by atoms with Gasteiger partial charge < -0.3 is 9.64 Å². The van der Waals surface area contributed by atoms with Crippen LogP contribution in [-0.4, -0.2) is 41.4 Å². The second-order valence-electron chi connectivity index (χ2n) is 4.84. The van der Waals surface area contributed by atoms with Crippen molar-refractivity contribution in [2.45, 2.75) is 43.5 Å². The fraction of sp³-hybridized carbons (Fsp3) is 0.917. The van der Waals surface area contributed by atoms with Gasteiger partial charge in [-0.3, -0.25) is 4.79 Å². The minimum absolute atomic E-state index is 0.141. The normalized spacial score (nSPS) is 29.4. The quantitative estimate of drug-likeness (QED) is 0.730. The van der Waals surface area contributed by atoms with Crippen LogP contribution in [0.25, 0.3) is 0 Å². The van der Waals surface area contributed by atoms with Crippen molar-refractivity contribution in [3.63, 3.8) is 0 Å². The summed E-state index contributed by atoms with van der Waals surface area (Å²) in [6.45, 7) is 4.76. The van der Waals surface area contributed by atoms with E-state index in [9.17, 15) is 4.79 Å². The Morgan fingerprint density at radius 1 is 1.38 bits per heavy atom. The van der Waals surface area contributed by atoms with Crippen LogP contribution in [0.3, 0.4) is 0 Å². The van der Waals surface area contributed by atoms with Crippen molar-refractivity contribution in [2.24, 2.45) is 5.92 Å². The molecule has 0 radical (unpaired) electrons. The van der Waals surface area contributed by atoms with E-state index in [4.69, 9.17) is 4.74 Å². The lowest BCUT2D eigenvalue weighted by Crippen LogP contribution is -2.44. The molecule has 0 saturated carbocycles. The summed E-state index contributed by atoms with van der Waals surface area (Å²) >= 11 is 3.63. The first-order valence-corrected chi connectivity index (χ1v) is 7.14. The number of rotatable bonds is 2. The largest absolute Gasteiger partial charge is 0.368 e. The summed E-state index contributed by atoms with van der Waals surface area (Å²) in [5.41, 5.74) is 0. The first-order valence-electron chi connectivity index (χ1n) is 6.23. The highest BCUT2D eigenvalue weighted by molar-refractivity contribution is 9.09. The first kappa shape index (κ1) is 12.4. The van der Waals surface area contributed by atoms with Crippen molar-refractivity contribution >= 4 is 21.8 Å². The molecule has 0 aliphatic carbocycles. The SMILES string of the molecule is CC(Br)C1CCN(C(=O)C2CCCO2)CC1. The number of hydrogen-bond donors (Lipinski definition) is 0. The molecule has 92 valence electrons. The molecule has 2 heterocycles. The number of carbonyl (C=O) groups is 1. The molecule has 2 aliphatic rings. The summed E-state index contributed by atoms with van der Waals surface area (Å²) in [5, 5.41) is 0. The molecular weight excluding hydrogens is 270 g/mol. The predicted molar refractivity (Wildman–Crippen MR) is 66.7 cm³/mol. The van der Waals surface area contributed by atoms with Gasteiger partial charge in [0.05, 0.1) is 0 Å². The molecule has 2 fully saturated rings. The van der Waals surface area contributed by atoms with Gasteiger partial charge in [-0.05, 0) is 31.6 Å². The fourth-order valence-electron chi connectivity index (χ4n) is 2.56. The van der Waals surface area contributed by atoms with Gasteiger partial charge in [-0.1, -0.05) is 22.9 Å². The maximum absolute atomic E-state index is 12.1. The topological polar surface area (TPSA) is 29.5 Å². The van der Waals surface area contributed by atoms with E-state index in [1.54, 1.807) is 0 Å². The third kappa shape index (κ3) is 2.77. The molecule has 16 heavy (non-hydrogen) atoms. The summed E-state index contributed by atoms with van der Waals surface area (Å²) in [4.78, 5) is 14.6. The van der Waals surface area contributed by atoms with Gasteiger partial charge in [-0.2, -0.15) is 0 Å². The van der Waals surface area contributed by atoms with Gasteiger partial charge in [-0.15, -0.1) is 0 Å². The van der Waals surface area contributed by atoms with E-state index < -0.39 is 0 Å². The number of nitrogens with zero attached hydrogens (tertiary/aromatic N) is 1. The van der Waals surface area contributed by atoms with E-state index >= 15 is 0 Å². The third-order valence-electron chi connectivity index (χ3n) is 3.71. The van der Waals surface area contributed by atoms with Gasteiger partial charge in [0, 0.05) is 24.5 Å². The number of likely N-dealkylation sites (tertiary alicyclic amines) is 1. The van der Waals surface area contributed by atoms with Gasteiger partial charge in [0.25, 0.3) is 5.91 Å². The van der Waals surface area contributed by atoms with Crippen molar-refractivity contribution in [3.8, 4) is 0 Å². The lowest BCUT2D eigenvalue weighted by Gasteiger charge is -2.34. The molecule has 0 bridgehead atoms. The molecule has 2 aliphatic heterocycles. The molecule has 1 amide bonds. The highest BCUT2D eigenvalue weighted by Crippen LogP contribution is 2.26. The molecule has 2 saturated heterocycles. The number of amides is 1. The van der Waals surface area contributed by atoms with Crippen LogP contribution in [0.5, 0.6) is 0 Å². The second kappa shape index (κ2) is 5.50. The summed E-state index contributed by atoms with van der Waals surface area (Å²) in [6.07, 6.45) is 4.03. The van der Waals surface area contributed by atoms with E-state index in [1.165, 1.54) is 0 Å². The minimum Gasteiger partial charge on any atom is -0.368 e. The van der Waals surface area contributed by atoms with Gasteiger partial charge in [0.2, 0.25) is 0 Å². The zero-order valence-electron chi connectivity index (χ0n) is 9.82. The molecule has 2 unspecified atom stereocenters. The highest BCUT2D eigenvalue weighted by atomic mass is 79.9. The smallest absolute Gasteiger partial charge is 0.251 e. The number of halogens is 1. The standard InChI is InChI=1S/C12H20BrNO2/c1-9(13)10-4-6-14(7-5-10)12(15)11-3-2-8-16-11/h9-11H,2-8H2,1H3. The average molecular weight is 290 g/mol. The second-order valence-corrected chi connectivity index (χ2v) is 6.29. The Hall–Kier alpha value is -0.0900. The first-order chi connectivity index (χ1) is 7.68. The van der Waals surface area contributed by atoms with E-state index in [-0.39, 0.29) is 12.0 Å².